The van der Waals surface area contributed by atoms with Crippen molar-refractivity contribution in [3.05, 3.63) is 81.1 Å². The van der Waals surface area contributed by atoms with Crippen LogP contribution >= 0.6 is 0 Å². The molecule has 9 heteroatoms. The van der Waals surface area contributed by atoms with E-state index in [1.54, 1.807) is 31.4 Å². The van der Waals surface area contributed by atoms with Gasteiger partial charge in [0.25, 0.3) is 11.2 Å². The fraction of sp³-hybridized carbons (Fsp3) is 0.105. The zero-order chi connectivity index (χ0) is 20.1. The number of nitro groups is 1. The molecule has 0 spiro atoms. The van der Waals surface area contributed by atoms with Crippen LogP contribution in [0, 0.1) is 10.1 Å². The van der Waals surface area contributed by atoms with E-state index in [0.717, 1.165) is 10.2 Å². The molecule has 0 aliphatic rings. The molecule has 9 nitrogen and oxygen atoms in total. The molecule has 1 amide bonds. The maximum absolute atomic E-state index is 12.2. The van der Waals surface area contributed by atoms with Crippen molar-refractivity contribution in [1.82, 2.24) is 9.78 Å². The van der Waals surface area contributed by atoms with Crippen LogP contribution < -0.4 is 15.6 Å². The number of carbonyl (C=O) groups excluding carboxylic acids is 1. The van der Waals surface area contributed by atoms with Crippen LogP contribution in [-0.4, -0.2) is 27.7 Å². The fourth-order valence-electron chi connectivity index (χ4n) is 2.50. The van der Waals surface area contributed by atoms with Crippen LogP contribution in [0.1, 0.15) is 0 Å². The summed E-state index contributed by atoms with van der Waals surface area (Å²) in [5.41, 5.74) is 1.13. The van der Waals surface area contributed by atoms with Crippen molar-refractivity contribution in [2.45, 2.75) is 6.54 Å². The summed E-state index contributed by atoms with van der Waals surface area (Å²) in [6, 6.07) is 15.5. The van der Waals surface area contributed by atoms with Crippen LogP contribution in [0.25, 0.3) is 11.3 Å². The SMILES string of the molecule is COc1cccc(-c2ccc(=O)n(CC(=O)Nc3ccc([N+](=O)[O-])cc3)n2)c1. The Morgan fingerprint density at radius 2 is 1.93 bits per heavy atom. The number of hydrogen-bond acceptors (Lipinski definition) is 6. The molecule has 1 heterocycles. The summed E-state index contributed by atoms with van der Waals surface area (Å²) in [6.07, 6.45) is 0. The monoisotopic (exact) mass is 380 g/mol. The Bertz CT molecular complexity index is 1080. The molecule has 0 aliphatic carbocycles. The highest BCUT2D eigenvalue weighted by atomic mass is 16.6. The zero-order valence-corrected chi connectivity index (χ0v) is 14.9. The number of nitrogens with zero attached hydrogens (tertiary/aromatic N) is 3. The van der Waals surface area contributed by atoms with Gasteiger partial charge in [0.15, 0.2) is 0 Å². The van der Waals surface area contributed by atoms with Gasteiger partial charge in [-0.3, -0.25) is 19.7 Å². The first-order chi connectivity index (χ1) is 13.5. The molecule has 0 bridgehead atoms. The van der Waals surface area contributed by atoms with Gasteiger partial charge >= 0.3 is 0 Å². The second-order valence-corrected chi connectivity index (χ2v) is 5.80. The van der Waals surface area contributed by atoms with E-state index in [1.165, 1.54) is 30.3 Å². The first-order valence-electron chi connectivity index (χ1n) is 8.23. The molecule has 0 radical (unpaired) electrons. The van der Waals surface area contributed by atoms with Crippen molar-refractivity contribution in [3.8, 4) is 17.0 Å². The Morgan fingerprint density at radius 3 is 2.61 bits per heavy atom. The third-order valence-electron chi connectivity index (χ3n) is 3.89. The van der Waals surface area contributed by atoms with Gasteiger partial charge in [0.2, 0.25) is 5.91 Å². The number of carbonyl (C=O) groups is 1. The van der Waals surface area contributed by atoms with Gasteiger partial charge in [-0.1, -0.05) is 12.1 Å². The number of non-ortho nitro benzene ring substituents is 1. The molecule has 0 saturated carbocycles. The summed E-state index contributed by atoms with van der Waals surface area (Å²) in [4.78, 5) is 34.4. The maximum atomic E-state index is 12.2. The smallest absolute Gasteiger partial charge is 0.269 e. The summed E-state index contributed by atoms with van der Waals surface area (Å²) in [5.74, 6) is 0.166. The number of anilines is 1. The van der Waals surface area contributed by atoms with Gasteiger partial charge in [-0.15, -0.1) is 0 Å². The molecule has 1 N–H and O–H groups in total. The highest BCUT2D eigenvalue weighted by Gasteiger charge is 2.10. The average Bonchev–Trinajstić information content (AvgIpc) is 2.70. The Morgan fingerprint density at radius 1 is 1.18 bits per heavy atom. The highest BCUT2D eigenvalue weighted by molar-refractivity contribution is 5.90. The molecule has 0 unspecified atom stereocenters. The Hall–Kier alpha value is -4.01. The van der Waals surface area contributed by atoms with Crippen molar-refractivity contribution >= 4 is 17.3 Å². The second-order valence-electron chi connectivity index (χ2n) is 5.80. The number of hydrogen-bond donors (Lipinski definition) is 1. The van der Waals surface area contributed by atoms with Crippen LogP contribution in [0.15, 0.2) is 65.5 Å². The van der Waals surface area contributed by atoms with Gasteiger partial charge in [0.1, 0.15) is 12.3 Å². The molecule has 0 aliphatic heterocycles. The molecule has 3 rings (SSSR count). The van der Waals surface area contributed by atoms with Gasteiger partial charge < -0.3 is 10.1 Å². The average molecular weight is 380 g/mol. The molecule has 3 aromatic rings. The van der Waals surface area contributed by atoms with E-state index in [4.69, 9.17) is 4.74 Å². The van der Waals surface area contributed by atoms with E-state index < -0.39 is 16.4 Å². The Balaban J connectivity index is 1.77. The Kier molecular flexibility index (Phi) is 5.45. The van der Waals surface area contributed by atoms with Crippen molar-refractivity contribution < 1.29 is 14.5 Å². The number of nitro benzene ring substituents is 1. The summed E-state index contributed by atoms with van der Waals surface area (Å²) < 4.78 is 6.23. The van der Waals surface area contributed by atoms with Crippen LogP contribution in [0.5, 0.6) is 5.75 Å². The van der Waals surface area contributed by atoms with Crippen molar-refractivity contribution in [2.24, 2.45) is 0 Å². The van der Waals surface area contributed by atoms with E-state index in [0.29, 0.717) is 17.1 Å². The second kappa shape index (κ2) is 8.12. The summed E-state index contributed by atoms with van der Waals surface area (Å²) in [5, 5.41) is 17.5. The van der Waals surface area contributed by atoms with Gasteiger partial charge in [0.05, 0.1) is 17.7 Å². The largest absolute Gasteiger partial charge is 0.497 e. The highest BCUT2D eigenvalue weighted by Crippen LogP contribution is 2.21. The summed E-state index contributed by atoms with van der Waals surface area (Å²) in [7, 11) is 1.55. The minimum absolute atomic E-state index is 0.0816. The molecule has 2 aromatic carbocycles. The van der Waals surface area contributed by atoms with Gasteiger partial charge in [-0.2, -0.15) is 5.10 Å². The topological polar surface area (TPSA) is 116 Å². The van der Waals surface area contributed by atoms with E-state index in [2.05, 4.69) is 10.4 Å². The quantitative estimate of drug-likeness (QED) is 0.519. The van der Waals surface area contributed by atoms with Gasteiger partial charge in [-0.05, 0) is 30.3 Å². The number of nitrogens with one attached hydrogen (secondary N) is 1. The number of ether oxygens (including phenoxy) is 1. The van der Waals surface area contributed by atoms with Gasteiger partial charge in [0, 0.05) is 29.4 Å². The third kappa shape index (κ3) is 4.39. The number of rotatable bonds is 6. The number of amides is 1. The third-order valence-corrected chi connectivity index (χ3v) is 3.89. The molecule has 0 atom stereocenters. The first-order valence-corrected chi connectivity index (χ1v) is 8.23. The minimum Gasteiger partial charge on any atom is -0.497 e. The van der Waals surface area contributed by atoms with Crippen molar-refractivity contribution in [2.75, 3.05) is 12.4 Å². The molecule has 0 saturated heterocycles. The normalized spacial score (nSPS) is 10.3. The van der Waals surface area contributed by atoms with Crippen molar-refractivity contribution in [1.29, 1.82) is 0 Å². The van der Waals surface area contributed by atoms with E-state index >= 15 is 0 Å². The lowest BCUT2D eigenvalue weighted by Gasteiger charge is -2.09. The van der Waals surface area contributed by atoms with Gasteiger partial charge in [-0.25, -0.2) is 4.68 Å². The summed E-state index contributed by atoms with van der Waals surface area (Å²) >= 11 is 0. The molecule has 0 fully saturated rings. The maximum Gasteiger partial charge on any atom is 0.269 e. The number of methoxy groups -OCH3 is 1. The lowest BCUT2D eigenvalue weighted by atomic mass is 10.1. The van der Waals surface area contributed by atoms with Crippen LogP contribution in [-0.2, 0) is 11.3 Å². The molecule has 142 valence electrons. The number of aromatic nitrogens is 2. The summed E-state index contributed by atoms with van der Waals surface area (Å²) in [6.45, 7) is -0.298. The lowest BCUT2D eigenvalue weighted by molar-refractivity contribution is -0.384. The van der Waals surface area contributed by atoms with E-state index in [1.807, 2.05) is 6.07 Å². The standard InChI is InChI=1S/C19H16N4O5/c1-28-16-4-2-3-13(11-16)17-9-10-19(25)22(21-17)12-18(24)20-14-5-7-15(8-6-14)23(26)27/h2-11H,12H2,1H3,(H,20,24). The van der Waals surface area contributed by atoms with E-state index in [9.17, 15) is 19.7 Å². The lowest BCUT2D eigenvalue weighted by Crippen LogP contribution is -2.29. The molecular weight excluding hydrogens is 364 g/mol. The number of benzene rings is 2. The van der Waals surface area contributed by atoms with Crippen LogP contribution in [0.2, 0.25) is 0 Å². The van der Waals surface area contributed by atoms with Crippen LogP contribution in [0.4, 0.5) is 11.4 Å². The molecular formula is C19H16N4O5. The fourth-order valence-corrected chi connectivity index (χ4v) is 2.50. The Labute approximate surface area is 159 Å². The predicted molar refractivity (Wildman–Crippen MR) is 102 cm³/mol. The predicted octanol–water partition coefficient (Wildman–Crippen LogP) is 2.47. The zero-order valence-electron chi connectivity index (χ0n) is 14.9. The molecule has 28 heavy (non-hydrogen) atoms. The molecule has 1 aromatic heterocycles. The van der Waals surface area contributed by atoms with Crippen molar-refractivity contribution in [3.63, 3.8) is 0 Å². The van der Waals surface area contributed by atoms with Crippen LogP contribution in [0.3, 0.4) is 0 Å². The first kappa shape index (κ1) is 18.8. The minimum atomic E-state index is -0.529. The van der Waals surface area contributed by atoms with E-state index in [-0.39, 0.29) is 12.2 Å².